The van der Waals surface area contributed by atoms with Gasteiger partial charge in [0, 0.05) is 5.69 Å². The van der Waals surface area contributed by atoms with Crippen LogP contribution < -0.4 is 16.0 Å². The summed E-state index contributed by atoms with van der Waals surface area (Å²) in [5.41, 5.74) is 8.53. The second-order valence-corrected chi connectivity index (χ2v) is 6.60. The first kappa shape index (κ1) is 19.4. The lowest BCUT2D eigenvalue weighted by molar-refractivity contribution is -0.274. The standard InChI is InChI=1S/C21H15F3N4O2/c22-21(23,24)30-17-8-3-14(4-9-17)15-5-10-19-18(11-15)20(29)28(27-26-19)12-13-1-6-16(25)7-2-13/h1-11H,12,25H2. The van der Waals surface area contributed by atoms with Crippen molar-refractivity contribution in [3.8, 4) is 16.9 Å². The number of halogens is 3. The number of benzene rings is 3. The Morgan fingerprint density at radius 3 is 2.27 bits per heavy atom. The van der Waals surface area contributed by atoms with Crippen molar-refractivity contribution in [3.05, 3.63) is 82.6 Å². The molecular weight excluding hydrogens is 397 g/mol. The third-order valence-electron chi connectivity index (χ3n) is 4.46. The van der Waals surface area contributed by atoms with Crippen LogP contribution in [0.5, 0.6) is 5.75 Å². The van der Waals surface area contributed by atoms with E-state index in [1.165, 1.54) is 28.9 Å². The maximum atomic E-state index is 12.9. The normalized spacial score (nSPS) is 11.6. The lowest BCUT2D eigenvalue weighted by Gasteiger charge is -2.10. The summed E-state index contributed by atoms with van der Waals surface area (Å²) in [5, 5.41) is 8.42. The third kappa shape index (κ3) is 4.24. The zero-order valence-corrected chi connectivity index (χ0v) is 15.4. The van der Waals surface area contributed by atoms with Crippen molar-refractivity contribution in [1.82, 2.24) is 15.0 Å². The van der Waals surface area contributed by atoms with Gasteiger partial charge in [-0.3, -0.25) is 4.79 Å². The molecule has 0 amide bonds. The van der Waals surface area contributed by atoms with Gasteiger partial charge in [-0.05, 0) is 53.1 Å². The SMILES string of the molecule is Nc1ccc(Cn2nnc3ccc(-c4ccc(OC(F)(F)F)cc4)cc3c2=O)cc1. The average molecular weight is 412 g/mol. The second kappa shape index (κ2) is 7.51. The van der Waals surface area contributed by atoms with Gasteiger partial charge in [-0.25, -0.2) is 4.68 Å². The van der Waals surface area contributed by atoms with Crippen LogP contribution >= 0.6 is 0 Å². The second-order valence-electron chi connectivity index (χ2n) is 6.60. The molecule has 0 aliphatic rings. The molecule has 152 valence electrons. The van der Waals surface area contributed by atoms with Crippen LogP contribution in [-0.2, 0) is 6.54 Å². The molecule has 0 radical (unpaired) electrons. The number of aromatic nitrogens is 3. The number of anilines is 1. The number of nitrogens with zero attached hydrogens (tertiary/aromatic N) is 3. The molecule has 4 rings (SSSR count). The molecule has 0 spiro atoms. The molecule has 0 saturated heterocycles. The zero-order chi connectivity index (χ0) is 21.3. The van der Waals surface area contributed by atoms with E-state index < -0.39 is 6.36 Å². The topological polar surface area (TPSA) is 83.0 Å². The number of fused-ring (bicyclic) bond motifs is 1. The molecule has 4 aromatic rings. The Hall–Kier alpha value is -3.88. The van der Waals surface area contributed by atoms with E-state index in [0.717, 1.165) is 5.56 Å². The number of ether oxygens (including phenoxy) is 1. The smallest absolute Gasteiger partial charge is 0.406 e. The van der Waals surface area contributed by atoms with Crippen LogP contribution in [0.25, 0.3) is 22.0 Å². The first-order chi connectivity index (χ1) is 14.3. The van der Waals surface area contributed by atoms with Crippen LogP contribution in [0.1, 0.15) is 5.56 Å². The number of rotatable bonds is 4. The van der Waals surface area contributed by atoms with Crippen LogP contribution in [0, 0.1) is 0 Å². The van der Waals surface area contributed by atoms with E-state index in [9.17, 15) is 18.0 Å². The van der Waals surface area contributed by atoms with Gasteiger partial charge in [-0.1, -0.05) is 35.5 Å². The third-order valence-corrected chi connectivity index (χ3v) is 4.46. The fraction of sp³-hybridized carbons (Fsp3) is 0.0952. The molecule has 9 heteroatoms. The fourth-order valence-electron chi connectivity index (χ4n) is 3.00. The summed E-state index contributed by atoms with van der Waals surface area (Å²) in [6.07, 6.45) is -4.75. The highest BCUT2D eigenvalue weighted by Crippen LogP contribution is 2.27. The van der Waals surface area contributed by atoms with Crippen LogP contribution in [0.3, 0.4) is 0 Å². The molecule has 1 heterocycles. The van der Waals surface area contributed by atoms with Gasteiger partial charge in [0.1, 0.15) is 11.3 Å². The molecule has 1 aromatic heterocycles. The number of nitrogen functional groups attached to an aromatic ring is 1. The average Bonchev–Trinajstić information content (AvgIpc) is 2.71. The van der Waals surface area contributed by atoms with E-state index in [1.807, 2.05) is 0 Å². The molecule has 6 nitrogen and oxygen atoms in total. The van der Waals surface area contributed by atoms with Crippen molar-refractivity contribution in [1.29, 1.82) is 0 Å². The van der Waals surface area contributed by atoms with E-state index in [0.29, 0.717) is 27.7 Å². The molecule has 2 N–H and O–H groups in total. The van der Waals surface area contributed by atoms with Crippen LogP contribution in [-0.4, -0.2) is 21.4 Å². The molecule has 0 unspecified atom stereocenters. The molecule has 0 aliphatic heterocycles. The lowest BCUT2D eigenvalue weighted by Crippen LogP contribution is -2.24. The Bertz CT molecular complexity index is 1250. The highest BCUT2D eigenvalue weighted by Gasteiger charge is 2.30. The van der Waals surface area contributed by atoms with E-state index in [-0.39, 0.29) is 17.9 Å². The Morgan fingerprint density at radius 2 is 1.60 bits per heavy atom. The van der Waals surface area contributed by atoms with Crippen molar-refractivity contribution in [2.75, 3.05) is 5.73 Å². The van der Waals surface area contributed by atoms with E-state index in [4.69, 9.17) is 5.73 Å². The molecule has 3 aromatic carbocycles. The van der Waals surface area contributed by atoms with Gasteiger partial charge in [0.05, 0.1) is 11.9 Å². The van der Waals surface area contributed by atoms with E-state index >= 15 is 0 Å². The van der Waals surface area contributed by atoms with Crippen LogP contribution in [0.2, 0.25) is 0 Å². The van der Waals surface area contributed by atoms with Crippen molar-refractivity contribution >= 4 is 16.6 Å². The number of hydrogen-bond donors (Lipinski definition) is 1. The fourth-order valence-corrected chi connectivity index (χ4v) is 3.00. The predicted molar refractivity (Wildman–Crippen MR) is 106 cm³/mol. The highest BCUT2D eigenvalue weighted by atomic mass is 19.4. The molecule has 0 bridgehead atoms. The lowest BCUT2D eigenvalue weighted by atomic mass is 10.0. The molecule has 0 aliphatic carbocycles. The zero-order valence-electron chi connectivity index (χ0n) is 15.4. The van der Waals surface area contributed by atoms with E-state index in [1.54, 1.807) is 42.5 Å². The summed E-state index contributed by atoms with van der Waals surface area (Å²) in [5.74, 6) is -0.316. The van der Waals surface area contributed by atoms with Gasteiger partial charge in [0.2, 0.25) is 0 Å². The number of alkyl halides is 3. The van der Waals surface area contributed by atoms with Gasteiger partial charge in [-0.2, -0.15) is 0 Å². The summed E-state index contributed by atoms with van der Waals surface area (Å²) in [7, 11) is 0. The number of hydrogen-bond acceptors (Lipinski definition) is 5. The minimum absolute atomic E-state index is 0.232. The summed E-state index contributed by atoms with van der Waals surface area (Å²) >= 11 is 0. The Labute approximate surface area is 168 Å². The Balaban J connectivity index is 1.67. The van der Waals surface area contributed by atoms with Crippen LogP contribution in [0.4, 0.5) is 18.9 Å². The minimum Gasteiger partial charge on any atom is -0.406 e. The van der Waals surface area contributed by atoms with Crippen molar-refractivity contribution < 1.29 is 17.9 Å². The molecule has 30 heavy (non-hydrogen) atoms. The maximum Gasteiger partial charge on any atom is 0.573 e. The van der Waals surface area contributed by atoms with Gasteiger partial charge >= 0.3 is 6.36 Å². The quantitative estimate of drug-likeness (QED) is 0.513. The Kier molecular flexibility index (Phi) is 4.86. The summed E-state index contributed by atoms with van der Waals surface area (Å²) in [6, 6.07) is 17.5. The maximum absolute atomic E-state index is 12.9. The first-order valence-corrected chi connectivity index (χ1v) is 8.87. The van der Waals surface area contributed by atoms with Crippen molar-refractivity contribution in [2.24, 2.45) is 0 Å². The predicted octanol–water partition coefficient (Wildman–Crippen LogP) is 3.99. The van der Waals surface area contributed by atoms with Crippen molar-refractivity contribution in [2.45, 2.75) is 12.9 Å². The van der Waals surface area contributed by atoms with Gasteiger partial charge in [0.25, 0.3) is 5.56 Å². The van der Waals surface area contributed by atoms with Crippen molar-refractivity contribution in [3.63, 3.8) is 0 Å². The molecular formula is C21H15F3N4O2. The highest BCUT2D eigenvalue weighted by molar-refractivity contribution is 5.83. The summed E-state index contributed by atoms with van der Waals surface area (Å²) < 4.78 is 42.1. The number of nitrogens with two attached hydrogens (primary N) is 1. The Morgan fingerprint density at radius 1 is 0.933 bits per heavy atom. The molecule has 0 saturated carbocycles. The molecule has 0 atom stereocenters. The summed E-state index contributed by atoms with van der Waals surface area (Å²) in [6.45, 7) is 0.232. The monoisotopic (exact) mass is 412 g/mol. The van der Waals surface area contributed by atoms with E-state index in [2.05, 4.69) is 15.0 Å². The first-order valence-electron chi connectivity index (χ1n) is 8.87. The van der Waals surface area contributed by atoms with Gasteiger partial charge in [0.15, 0.2) is 0 Å². The minimum atomic E-state index is -4.75. The largest absolute Gasteiger partial charge is 0.573 e. The summed E-state index contributed by atoms with van der Waals surface area (Å²) in [4.78, 5) is 12.9. The van der Waals surface area contributed by atoms with Gasteiger partial charge in [-0.15, -0.1) is 18.3 Å². The molecule has 0 fully saturated rings. The van der Waals surface area contributed by atoms with Crippen LogP contribution in [0.15, 0.2) is 71.5 Å². The van der Waals surface area contributed by atoms with Gasteiger partial charge < -0.3 is 10.5 Å².